The summed E-state index contributed by atoms with van der Waals surface area (Å²) in [6.07, 6.45) is 2.59. The Morgan fingerprint density at radius 3 is 2.04 bits per heavy atom. The number of nitrogens with one attached hydrogen (secondary N) is 2. The normalized spacial score (nSPS) is 21.7. The molecule has 3 rings (SSSR count). The lowest BCUT2D eigenvalue weighted by atomic mass is 10.2. The highest BCUT2D eigenvalue weighted by Crippen LogP contribution is 2.35. The molecule has 0 radical (unpaired) electrons. The first kappa shape index (κ1) is 19.6. The van der Waals surface area contributed by atoms with Gasteiger partial charge in [0.25, 0.3) is 0 Å². The highest BCUT2D eigenvalue weighted by atomic mass is 35.5. The van der Waals surface area contributed by atoms with Crippen LogP contribution in [0.3, 0.4) is 0 Å². The molecule has 0 bridgehead atoms. The van der Waals surface area contributed by atoms with Crippen molar-refractivity contribution in [1.29, 1.82) is 0 Å². The lowest BCUT2D eigenvalue weighted by Gasteiger charge is -2.27. The summed E-state index contributed by atoms with van der Waals surface area (Å²) >= 11 is 0. The fraction of sp³-hybridized carbons (Fsp3) is 0.571. The van der Waals surface area contributed by atoms with Gasteiger partial charge >= 0.3 is 0 Å². The molecule has 0 spiro atoms. The van der Waals surface area contributed by atoms with Gasteiger partial charge in [-0.25, -0.2) is 21.6 Å². The summed E-state index contributed by atoms with van der Waals surface area (Å²) in [5.41, 5.74) is 0. The third-order valence-corrected chi connectivity index (χ3v) is 7.73. The minimum Gasteiger partial charge on any atom is -0.315 e. The van der Waals surface area contributed by atoms with Crippen molar-refractivity contribution in [2.24, 2.45) is 0 Å². The molecule has 2 fully saturated rings. The van der Waals surface area contributed by atoms with Crippen LogP contribution in [0.15, 0.2) is 34.1 Å². The smallest absolute Gasteiger partial charge is 0.243 e. The minimum absolute atomic E-state index is 0. The Balaban J connectivity index is 0.00000208. The molecule has 1 saturated carbocycles. The molecule has 1 aromatic carbocycles. The fourth-order valence-corrected chi connectivity index (χ4v) is 5.54. The third kappa shape index (κ3) is 3.76. The SMILES string of the molecule is CNS(=O)(=O)c1ccc(S(=O)(=O)N(C2CC2)C2CCNC2)cc1.Cl. The standard InChI is InChI=1S/C14H21N3O4S2.ClH/c1-15-22(18,19)13-4-6-14(7-5-13)23(20,21)17(11-2-3-11)12-8-9-16-10-12;/h4-7,11-12,15-16H,2-3,8-10H2,1H3;1H. The van der Waals surface area contributed by atoms with E-state index >= 15 is 0 Å². The Morgan fingerprint density at radius 1 is 1.00 bits per heavy atom. The van der Waals surface area contributed by atoms with Crippen molar-refractivity contribution in [3.63, 3.8) is 0 Å². The quantitative estimate of drug-likeness (QED) is 0.732. The molecule has 0 amide bonds. The highest BCUT2D eigenvalue weighted by molar-refractivity contribution is 7.89. The topological polar surface area (TPSA) is 95.6 Å². The van der Waals surface area contributed by atoms with E-state index in [2.05, 4.69) is 10.0 Å². The molecular formula is C14H22ClN3O4S2. The molecule has 1 aliphatic heterocycles. The third-order valence-electron chi connectivity index (χ3n) is 4.28. The van der Waals surface area contributed by atoms with Gasteiger partial charge in [-0.15, -0.1) is 12.4 Å². The van der Waals surface area contributed by atoms with Crippen LogP contribution < -0.4 is 10.0 Å². The molecule has 1 unspecified atom stereocenters. The van der Waals surface area contributed by atoms with Gasteiger partial charge in [-0.2, -0.15) is 4.31 Å². The van der Waals surface area contributed by atoms with Crippen molar-refractivity contribution in [2.45, 2.75) is 41.1 Å². The highest BCUT2D eigenvalue weighted by Gasteiger charge is 2.43. The van der Waals surface area contributed by atoms with E-state index in [0.29, 0.717) is 6.54 Å². The number of sulfonamides is 2. The number of hydrogen-bond acceptors (Lipinski definition) is 5. The number of halogens is 1. The van der Waals surface area contributed by atoms with Crippen molar-refractivity contribution < 1.29 is 16.8 Å². The summed E-state index contributed by atoms with van der Waals surface area (Å²) in [5.74, 6) is 0. The molecule has 24 heavy (non-hydrogen) atoms. The van der Waals surface area contributed by atoms with E-state index in [1.807, 2.05) is 0 Å². The number of nitrogens with zero attached hydrogens (tertiary/aromatic N) is 1. The van der Waals surface area contributed by atoms with Crippen LogP contribution in [0.25, 0.3) is 0 Å². The molecule has 1 heterocycles. The second-order valence-electron chi connectivity index (χ2n) is 5.89. The Morgan fingerprint density at radius 2 is 1.58 bits per heavy atom. The van der Waals surface area contributed by atoms with Gasteiger partial charge in [0, 0.05) is 18.6 Å². The van der Waals surface area contributed by atoms with Crippen molar-refractivity contribution in [1.82, 2.24) is 14.3 Å². The van der Waals surface area contributed by atoms with Crippen molar-refractivity contribution >= 4 is 32.5 Å². The van der Waals surface area contributed by atoms with Crippen molar-refractivity contribution in [2.75, 3.05) is 20.1 Å². The van der Waals surface area contributed by atoms with Crippen LogP contribution in [-0.2, 0) is 20.0 Å². The Bertz CT molecular complexity index is 771. The monoisotopic (exact) mass is 395 g/mol. The Hall–Kier alpha value is -0.710. The van der Waals surface area contributed by atoms with Gasteiger partial charge in [-0.1, -0.05) is 0 Å². The summed E-state index contributed by atoms with van der Waals surface area (Å²) in [6, 6.07) is 5.46. The van der Waals surface area contributed by atoms with Gasteiger partial charge in [0.15, 0.2) is 0 Å². The summed E-state index contributed by atoms with van der Waals surface area (Å²) in [5, 5.41) is 3.20. The van der Waals surface area contributed by atoms with Gasteiger partial charge in [-0.3, -0.25) is 0 Å². The summed E-state index contributed by atoms with van der Waals surface area (Å²) in [6.45, 7) is 1.49. The molecule has 1 aliphatic carbocycles. The lowest BCUT2D eigenvalue weighted by molar-refractivity contribution is 0.327. The largest absolute Gasteiger partial charge is 0.315 e. The van der Waals surface area contributed by atoms with Gasteiger partial charge in [0.05, 0.1) is 9.79 Å². The van der Waals surface area contributed by atoms with E-state index in [-0.39, 0.29) is 34.3 Å². The van der Waals surface area contributed by atoms with E-state index in [1.54, 1.807) is 4.31 Å². The fourth-order valence-electron chi connectivity index (χ4n) is 2.91. The van der Waals surface area contributed by atoms with E-state index in [1.165, 1.54) is 31.3 Å². The first-order chi connectivity index (χ1) is 10.9. The molecule has 1 atom stereocenters. The lowest BCUT2D eigenvalue weighted by Crippen LogP contribution is -2.43. The maximum Gasteiger partial charge on any atom is 0.243 e. The van der Waals surface area contributed by atoms with Gasteiger partial charge < -0.3 is 5.32 Å². The molecule has 7 nitrogen and oxygen atoms in total. The van der Waals surface area contributed by atoms with E-state index < -0.39 is 20.0 Å². The predicted molar refractivity (Wildman–Crippen MR) is 93.3 cm³/mol. The Kier molecular flexibility index (Phi) is 5.94. The molecule has 2 aliphatic rings. The summed E-state index contributed by atoms with van der Waals surface area (Å²) < 4.78 is 53.3. The molecular weight excluding hydrogens is 374 g/mol. The molecule has 10 heteroatoms. The first-order valence-corrected chi connectivity index (χ1v) is 10.6. The van der Waals surface area contributed by atoms with Gasteiger partial charge in [0.1, 0.15) is 0 Å². The van der Waals surface area contributed by atoms with Crippen LogP contribution in [0, 0.1) is 0 Å². The number of hydrogen-bond donors (Lipinski definition) is 2. The van der Waals surface area contributed by atoms with Crippen LogP contribution in [0.4, 0.5) is 0 Å². The second-order valence-corrected chi connectivity index (χ2v) is 9.62. The molecule has 1 saturated heterocycles. The molecule has 136 valence electrons. The molecule has 0 aromatic heterocycles. The summed E-state index contributed by atoms with van der Waals surface area (Å²) in [7, 11) is -5.86. The maximum atomic E-state index is 13.0. The van der Waals surface area contributed by atoms with Gasteiger partial charge in [-0.05, 0) is 57.1 Å². The van der Waals surface area contributed by atoms with Crippen LogP contribution >= 0.6 is 12.4 Å². The molecule has 1 aromatic rings. The van der Waals surface area contributed by atoms with Crippen molar-refractivity contribution in [3.05, 3.63) is 24.3 Å². The van der Waals surface area contributed by atoms with Crippen LogP contribution in [0.5, 0.6) is 0 Å². The summed E-state index contributed by atoms with van der Waals surface area (Å²) in [4.78, 5) is 0.200. The van der Waals surface area contributed by atoms with Crippen LogP contribution in [0.1, 0.15) is 19.3 Å². The second kappa shape index (κ2) is 7.27. The first-order valence-electron chi connectivity index (χ1n) is 7.64. The predicted octanol–water partition coefficient (Wildman–Crippen LogP) is 0.531. The van der Waals surface area contributed by atoms with E-state index in [4.69, 9.17) is 0 Å². The minimum atomic E-state index is -3.61. The zero-order valence-corrected chi connectivity index (χ0v) is 15.8. The van der Waals surface area contributed by atoms with E-state index in [9.17, 15) is 16.8 Å². The Labute approximate surface area is 149 Å². The average Bonchev–Trinajstić information content (AvgIpc) is 3.21. The molecule has 2 N–H and O–H groups in total. The number of benzene rings is 1. The van der Waals surface area contributed by atoms with E-state index in [0.717, 1.165) is 25.8 Å². The zero-order valence-electron chi connectivity index (χ0n) is 13.3. The number of rotatable bonds is 6. The average molecular weight is 396 g/mol. The van der Waals surface area contributed by atoms with Crippen LogP contribution in [0.2, 0.25) is 0 Å². The zero-order chi connectivity index (χ0) is 16.7. The van der Waals surface area contributed by atoms with Crippen LogP contribution in [-0.4, -0.2) is 53.4 Å². The van der Waals surface area contributed by atoms with Crippen molar-refractivity contribution in [3.8, 4) is 0 Å². The van der Waals surface area contributed by atoms with Gasteiger partial charge in [0.2, 0.25) is 20.0 Å². The maximum absolute atomic E-state index is 13.0.